The number of carbonyl (C=O) groups excluding carboxylic acids is 1. The van der Waals surface area contributed by atoms with Crippen molar-refractivity contribution in [1.82, 2.24) is 4.90 Å². The van der Waals surface area contributed by atoms with Crippen molar-refractivity contribution in [2.75, 3.05) is 13.1 Å². The Morgan fingerprint density at radius 3 is 2.08 bits per heavy atom. The van der Waals surface area contributed by atoms with E-state index < -0.39 is 5.97 Å². The molecule has 136 valence electrons. The molecule has 0 unspecified atom stereocenters. The van der Waals surface area contributed by atoms with Crippen LogP contribution >= 0.6 is 0 Å². The predicted molar refractivity (Wildman–Crippen MR) is 92.5 cm³/mol. The smallest absolute Gasteiger partial charge is 0.306 e. The fraction of sp³-hybridized carbons (Fsp3) is 0.600. The first-order valence-electron chi connectivity index (χ1n) is 9.29. The van der Waals surface area contributed by atoms with Crippen LogP contribution in [0.1, 0.15) is 44.1 Å². The number of piperidine rings is 1. The highest BCUT2D eigenvalue weighted by Crippen LogP contribution is 2.31. The van der Waals surface area contributed by atoms with Crippen molar-refractivity contribution in [2.45, 2.75) is 44.9 Å². The molecule has 1 aromatic rings. The van der Waals surface area contributed by atoms with Crippen molar-refractivity contribution in [1.29, 1.82) is 0 Å². The number of rotatable bonds is 4. The van der Waals surface area contributed by atoms with Crippen LogP contribution in [-0.4, -0.2) is 35.0 Å². The number of carboxylic acid groups (broad SMARTS) is 1. The van der Waals surface area contributed by atoms with Gasteiger partial charge in [-0.3, -0.25) is 9.59 Å². The molecular formula is C20H26FNO3. The summed E-state index contributed by atoms with van der Waals surface area (Å²) in [6.45, 7) is 1.56. The molecule has 25 heavy (non-hydrogen) atoms. The number of carbonyl (C=O) groups is 2. The summed E-state index contributed by atoms with van der Waals surface area (Å²) < 4.78 is 13.0. The van der Waals surface area contributed by atoms with E-state index in [1.807, 2.05) is 17.0 Å². The fourth-order valence-corrected chi connectivity index (χ4v) is 4.16. The lowest BCUT2D eigenvalue weighted by Crippen LogP contribution is -2.43. The minimum atomic E-state index is -0.729. The maximum absolute atomic E-state index is 13.0. The number of aliphatic carboxylic acids is 1. The Bertz CT molecular complexity index is 600. The highest BCUT2D eigenvalue weighted by atomic mass is 19.1. The van der Waals surface area contributed by atoms with Crippen LogP contribution in [0.5, 0.6) is 0 Å². The maximum atomic E-state index is 13.0. The molecular weight excluding hydrogens is 321 g/mol. The zero-order valence-corrected chi connectivity index (χ0v) is 14.5. The van der Waals surface area contributed by atoms with Crippen LogP contribution in [0.3, 0.4) is 0 Å². The number of hydrogen-bond acceptors (Lipinski definition) is 2. The van der Waals surface area contributed by atoms with Crippen molar-refractivity contribution in [3.8, 4) is 0 Å². The molecule has 1 amide bonds. The fourth-order valence-electron chi connectivity index (χ4n) is 4.16. The van der Waals surface area contributed by atoms with Gasteiger partial charge in [-0.15, -0.1) is 0 Å². The van der Waals surface area contributed by atoms with Crippen LogP contribution in [0.15, 0.2) is 24.3 Å². The Balaban J connectivity index is 1.45. The van der Waals surface area contributed by atoms with Gasteiger partial charge in [-0.05, 0) is 68.6 Å². The molecule has 0 aromatic heterocycles. The monoisotopic (exact) mass is 347 g/mol. The molecule has 0 radical (unpaired) electrons. The molecule has 1 saturated heterocycles. The summed E-state index contributed by atoms with van der Waals surface area (Å²) in [6.07, 6.45) is 5.53. The van der Waals surface area contributed by atoms with Crippen molar-refractivity contribution in [3.05, 3.63) is 35.6 Å². The lowest BCUT2D eigenvalue weighted by atomic mass is 9.81. The van der Waals surface area contributed by atoms with Gasteiger partial charge in [0.1, 0.15) is 5.82 Å². The summed E-state index contributed by atoms with van der Waals surface area (Å²) in [5.74, 6) is -0.453. The average molecular weight is 347 g/mol. The minimum Gasteiger partial charge on any atom is -0.481 e. The number of amides is 1. The van der Waals surface area contributed by atoms with Crippen LogP contribution < -0.4 is 0 Å². The average Bonchev–Trinajstić information content (AvgIpc) is 2.64. The molecule has 2 fully saturated rings. The summed E-state index contributed by atoms with van der Waals surface area (Å²) in [5, 5.41) is 9.06. The molecule has 0 bridgehead atoms. The van der Waals surface area contributed by atoms with E-state index in [2.05, 4.69) is 0 Å². The van der Waals surface area contributed by atoms with Crippen molar-refractivity contribution < 1.29 is 19.1 Å². The summed E-state index contributed by atoms with van der Waals surface area (Å²) in [4.78, 5) is 25.7. The Morgan fingerprint density at radius 1 is 0.960 bits per heavy atom. The van der Waals surface area contributed by atoms with Gasteiger partial charge in [0.2, 0.25) is 5.91 Å². The number of hydrogen-bond donors (Lipinski definition) is 1. The molecule has 1 heterocycles. The SMILES string of the molecule is O=C(O)C1CCC(C(=O)N2CCC(Cc3ccc(F)cc3)CC2)CC1. The number of carboxylic acids is 1. The van der Waals surface area contributed by atoms with Crippen LogP contribution in [0.25, 0.3) is 0 Å². The number of likely N-dealkylation sites (tertiary alicyclic amines) is 1. The standard InChI is InChI=1S/C20H26FNO3/c21-18-7-1-14(2-8-18)13-15-9-11-22(12-10-15)19(23)16-3-5-17(6-4-16)20(24)25/h1-2,7-8,15-17H,3-6,9-13H2,(H,24,25). The predicted octanol–water partition coefficient (Wildman–Crippen LogP) is 3.50. The van der Waals surface area contributed by atoms with Crippen molar-refractivity contribution in [2.24, 2.45) is 17.8 Å². The van der Waals surface area contributed by atoms with Gasteiger partial charge >= 0.3 is 5.97 Å². The van der Waals surface area contributed by atoms with Gasteiger partial charge in [-0.2, -0.15) is 0 Å². The summed E-state index contributed by atoms with van der Waals surface area (Å²) in [5.41, 5.74) is 1.15. The highest BCUT2D eigenvalue weighted by Gasteiger charge is 2.33. The van der Waals surface area contributed by atoms with Crippen molar-refractivity contribution >= 4 is 11.9 Å². The Hall–Kier alpha value is -1.91. The third-order valence-corrected chi connectivity index (χ3v) is 5.79. The van der Waals surface area contributed by atoms with E-state index in [4.69, 9.17) is 5.11 Å². The first-order valence-corrected chi connectivity index (χ1v) is 9.29. The molecule has 0 spiro atoms. The summed E-state index contributed by atoms with van der Waals surface area (Å²) in [7, 11) is 0. The van der Waals surface area contributed by atoms with E-state index in [0.717, 1.165) is 37.9 Å². The Morgan fingerprint density at radius 2 is 1.52 bits per heavy atom. The molecule has 1 aliphatic carbocycles. The highest BCUT2D eigenvalue weighted by molar-refractivity contribution is 5.79. The quantitative estimate of drug-likeness (QED) is 0.907. The van der Waals surface area contributed by atoms with Crippen LogP contribution in [-0.2, 0) is 16.0 Å². The molecule has 1 aromatic carbocycles. The zero-order chi connectivity index (χ0) is 17.8. The Kier molecular flexibility index (Phi) is 5.71. The maximum Gasteiger partial charge on any atom is 0.306 e. The van der Waals surface area contributed by atoms with Gasteiger partial charge in [0.15, 0.2) is 0 Å². The third-order valence-electron chi connectivity index (χ3n) is 5.79. The summed E-state index contributed by atoms with van der Waals surface area (Å²) >= 11 is 0. The summed E-state index contributed by atoms with van der Waals surface area (Å²) in [6, 6.07) is 6.68. The van der Waals surface area contributed by atoms with E-state index >= 15 is 0 Å². The normalized spacial score (nSPS) is 24.9. The topological polar surface area (TPSA) is 57.6 Å². The molecule has 4 nitrogen and oxygen atoms in total. The second kappa shape index (κ2) is 7.98. The van der Waals surface area contributed by atoms with Crippen LogP contribution in [0.2, 0.25) is 0 Å². The molecule has 5 heteroatoms. The lowest BCUT2D eigenvalue weighted by molar-refractivity contribution is -0.146. The van der Waals surface area contributed by atoms with Gasteiger partial charge in [-0.1, -0.05) is 12.1 Å². The van der Waals surface area contributed by atoms with Crippen LogP contribution in [0, 0.1) is 23.6 Å². The van der Waals surface area contributed by atoms with E-state index in [0.29, 0.717) is 31.6 Å². The van der Waals surface area contributed by atoms with Crippen LogP contribution in [0.4, 0.5) is 4.39 Å². The molecule has 2 aliphatic rings. The second-order valence-corrected chi connectivity index (χ2v) is 7.49. The molecule has 3 rings (SSSR count). The largest absolute Gasteiger partial charge is 0.481 e. The van der Waals surface area contributed by atoms with E-state index in [9.17, 15) is 14.0 Å². The lowest BCUT2D eigenvalue weighted by Gasteiger charge is -2.36. The van der Waals surface area contributed by atoms with Gasteiger partial charge in [0.25, 0.3) is 0 Å². The van der Waals surface area contributed by atoms with E-state index in [1.54, 1.807) is 0 Å². The first kappa shape index (κ1) is 17.9. The van der Waals surface area contributed by atoms with E-state index in [1.165, 1.54) is 12.1 Å². The number of halogens is 1. The molecule has 1 aliphatic heterocycles. The zero-order valence-electron chi connectivity index (χ0n) is 14.5. The second-order valence-electron chi connectivity index (χ2n) is 7.49. The minimum absolute atomic E-state index is 0.00393. The third kappa shape index (κ3) is 4.59. The molecule has 1 N–H and O–H groups in total. The Labute approximate surface area is 148 Å². The van der Waals surface area contributed by atoms with Crippen molar-refractivity contribution in [3.63, 3.8) is 0 Å². The van der Waals surface area contributed by atoms with Gasteiger partial charge in [0, 0.05) is 19.0 Å². The number of nitrogens with zero attached hydrogens (tertiary/aromatic N) is 1. The van der Waals surface area contributed by atoms with Gasteiger partial charge < -0.3 is 10.0 Å². The van der Waals surface area contributed by atoms with Gasteiger partial charge in [-0.25, -0.2) is 4.39 Å². The first-order chi connectivity index (χ1) is 12.0. The number of benzene rings is 1. The van der Waals surface area contributed by atoms with Gasteiger partial charge in [0.05, 0.1) is 5.92 Å². The molecule has 1 saturated carbocycles. The van der Waals surface area contributed by atoms with E-state index in [-0.39, 0.29) is 23.6 Å². The molecule has 0 atom stereocenters.